The van der Waals surface area contributed by atoms with Gasteiger partial charge in [0.15, 0.2) is 0 Å². The van der Waals surface area contributed by atoms with Crippen molar-refractivity contribution < 1.29 is 9.15 Å². The van der Waals surface area contributed by atoms with E-state index in [1.54, 1.807) is 12.5 Å². The van der Waals surface area contributed by atoms with Gasteiger partial charge in [-0.1, -0.05) is 0 Å². The zero-order valence-corrected chi connectivity index (χ0v) is 9.43. The lowest BCUT2D eigenvalue weighted by Gasteiger charge is -2.29. The molecule has 0 amide bonds. The second-order valence-electron chi connectivity index (χ2n) is 3.90. The SMILES string of the molecule is [c]1nccc(-c2ccco2)c1N1CCOCC1. The first kappa shape index (κ1) is 10.4. The van der Waals surface area contributed by atoms with Gasteiger partial charge in [-0.05, 0) is 18.2 Å². The van der Waals surface area contributed by atoms with Gasteiger partial charge >= 0.3 is 0 Å². The van der Waals surface area contributed by atoms with E-state index in [9.17, 15) is 0 Å². The molecule has 3 heterocycles. The molecule has 0 unspecified atom stereocenters. The number of nitrogens with zero attached hydrogens (tertiary/aromatic N) is 2. The van der Waals surface area contributed by atoms with Crippen LogP contribution in [0.25, 0.3) is 11.3 Å². The lowest BCUT2D eigenvalue weighted by molar-refractivity contribution is 0.122. The van der Waals surface area contributed by atoms with Crippen LogP contribution in [0.1, 0.15) is 0 Å². The van der Waals surface area contributed by atoms with Crippen LogP contribution in [-0.4, -0.2) is 31.3 Å². The first-order valence-electron chi connectivity index (χ1n) is 5.68. The first-order valence-corrected chi connectivity index (χ1v) is 5.68. The van der Waals surface area contributed by atoms with E-state index < -0.39 is 0 Å². The molecule has 1 saturated heterocycles. The Morgan fingerprint density at radius 3 is 2.88 bits per heavy atom. The van der Waals surface area contributed by atoms with Crippen LogP contribution in [0.3, 0.4) is 0 Å². The molecule has 17 heavy (non-hydrogen) atoms. The van der Waals surface area contributed by atoms with Gasteiger partial charge in [-0.25, -0.2) is 0 Å². The highest BCUT2D eigenvalue weighted by Gasteiger charge is 2.17. The van der Waals surface area contributed by atoms with Gasteiger partial charge in [0.1, 0.15) is 12.0 Å². The zero-order chi connectivity index (χ0) is 11.5. The maximum atomic E-state index is 5.45. The molecule has 0 spiro atoms. The highest BCUT2D eigenvalue weighted by atomic mass is 16.5. The van der Waals surface area contributed by atoms with Gasteiger partial charge in [-0.15, -0.1) is 0 Å². The minimum atomic E-state index is 0.750. The maximum absolute atomic E-state index is 5.45. The molecule has 87 valence electrons. The van der Waals surface area contributed by atoms with Crippen molar-refractivity contribution in [2.24, 2.45) is 0 Å². The molecule has 4 heteroatoms. The zero-order valence-electron chi connectivity index (χ0n) is 9.43. The van der Waals surface area contributed by atoms with Crippen molar-refractivity contribution in [2.75, 3.05) is 31.2 Å². The van der Waals surface area contributed by atoms with Crippen LogP contribution in [0, 0.1) is 6.20 Å². The molecular weight excluding hydrogens is 216 g/mol. The van der Waals surface area contributed by atoms with E-state index in [4.69, 9.17) is 9.15 Å². The molecule has 1 aliphatic heterocycles. The Hall–Kier alpha value is -1.81. The van der Waals surface area contributed by atoms with Crippen LogP contribution >= 0.6 is 0 Å². The Balaban J connectivity index is 1.98. The number of furan rings is 1. The van der Waals surface area contributed by atoms with E-state index in [-0.39, 0.29) is 0 Å². The molecule has 1 radical (unpaired) electrons. The summed E-state index contributed by atoms with van der Waals surface area (Å²) in [5.74, 6) is 0.852. The number of aromatic nitrogens is 1. The molecule has 0 bridgehead atoms. The number of anilines is 1. The third-order valence-electron chi connectivity index (χ3n) is 2.86. The summed E-state index contributed by atoms with van der Waals surface area (Å²) in [6, 6.07) is 5.80. The van der Waals surface area contributed by atoms with Crippen LogP contribution in [0.2, 0.25) is 0 Å². The highest BCUT2D eigenvalue weighted by molar-refractivity contribution is 5.74. The molecule has 0 atom stereocenters. The van der Waals surface area contributed by atoms with Crippen LogP contribution in [0.4, 0.5) is 5.69 Å². The number of pyridine rings is 1. The standard InChI is InChI=1S/C13H13N2O2/c1-2-13(17-7-1)11-3-4-14-10-12(11)15-5-8-16-9-6-15/h1-4,7H,5-6,8-9H2. The summed E-state index contributed by atoms with van der Waals surface area (Å²) in [6.45, 7) is 3.24. The summed E-state index contributed by atoms with van der Waals surface area (Å²) in [7, 11) is 0. The minimum absolute atomic E-state index is 0.750. The van der Waals surface area contributed by atoms with Crippen LogP contribution in [-0.2, 0) is 4.74 Å². The predicted molar refractivity (Wildman–Crippen MR) is 63.8 cm³/mol. The fourth-order valence-corrected chi connectivity index (χ4v) is 2.01. The second kappa shape index (κ2) is 4.59. The third kappa shape index (κ3) is 2.03. The number of ether oxygens (including phenoxy) is 1. The summed E-state index contributed by atoms with van der Waals surface area (Å²) >= 11 is 0. The quantitative estimate of drug-likeness (QED) is 0.789. The van der Waals surface area contributed by atoms with Gasteiger partial charge in [0, 0.05) is 24.8 Å². The smallest absolute Gasteiger partial charge is 0.136 e. The van der Waals surface area contributed by atoms with Gasteiger partial charge in [0.25, 0.3) is 0 Å². The van der Waals surface area contributed by atoms with Crippen LogP contribution in [0.15, 0.2) is 35.1 Å². The monoisotopic (exact) mass is 229 g/mol. The summed E-state index contributed by atoms with van der Waals surface area (Å²) in [5.41, 5.74) is 2.03. The van der Waals surface area contributed by atoms with Crippen LogP contribution < -0.4 is 4.90 Å². The van der Waals surface area contributed by atoms with Crippen LogP contribution in [0.5, 0.6) is 0 Å². The average Bonchev–Trinajstić information content (AvgIpc) is 2.94. The molecular formula is C13H13N2O2. The van der Waals surface area contributed by atoms with Crippen molar-refractivity contribution >= 4 is 5.69 Å². The number of hydrogen-bond donors (Lipinski definition) is 0. The number of hydrogen-bond acceptors (Lipinski definition) is 4. The highest BCUT2D eigenvalue weighted by Crippen LogP contribution is 2.30. The lowest BCUT2D eigenvalue weighted by atomic mass is 10.1. The van der Waals surface area contributed by atoms with E-state index >= 15 is 0 Å². The molecule has 4 nitrogen and oxygen atoms in total. The normalized spacial score (nSPS) is 16.1. The summed E-state index contributed by atoms with van der Waals surface area (Å²) < 4.78 is 10.8. The minimum Gasteiger partial charge on any atom is -0.464 e. The van der Waals surface area contributed by atoms with E-state index in [1.807, 2.05) is 18.2 Å². The van der Waals surface area contributed by atoms with Gasteiger partial charge in [0.2, 0.25) is 0 Å². The van der Waals surface area contributed by atoms with Gasteiger partial charge in [-0.3, -0.25) is 4.98 Å². The Kier molecular flexibility index (Phi) is 2.80. The summed E-state index contributed by atoms with van der Waals surface area (Å²) in [4.78, 5) is 6.31. The Morgan fingerprint density at radius 2 is 2.12 bits per heavy atom. The van der Waals surface area contributed by atoms with E-state index in [0.29, 0.717) is 0 Å². The summed E-state index contributed by atoms with van der Waals surface area (Å²) in [6.07, 6.45) is 6.47. The first-order chi connectivity index (χ1) is 8.45. The summed E-state index contributed by atoms with van der Waals surface area (Å²) in [5, 5.41) is 0. The number of morpholine rings is 1. The van der Waals surface area contributed by atoms with E-state index in [2.05, 4.69) is 16.1 Å². The molecule has 0 saturated carbocycles. The molecule has 0 N–H and O–H groups in total. The van der Waals surface area contributed by atoms with Gasteiger partial charge in [0.05, 0.1) is 25.2 Å². The van der Waals surface area contributed by atoms with Crippen molar-refractivity contribution in [1.82, 2.24) is 4.98 Å². The maximum Gasteiger partial charge on any atom is 0.136 e. The Morgan fingerprint density at radius 1 is 1.24 bits per heavy atom. The lowest BCUT2D eigenvalue weighted by Crippen LogP contribution is -2.36. The van der Waals surface area contributed by atoms with Crippen molar-refractivity contribution in [3.63, 3.8) is 0 Å². The average molecular weight is 229 g/mol. The topological polar surface area (TPSA) is 38.5 Å². The molecule has 1 fully saturated rings. The molecule has 2 aromatic rings. The second-order valence-corrected chi connectivity index (χ2v) is 3.90. The van der Waals surface area contributed by atoms with Gasteiger partial charge < -0.3 is 14.1 Å². The van der Waals surface area contributed by atoms with Crippen molar-refractivity contribution in [3.8, 4) is 11.3 Å². The Labute approximate surface area is 99.8 Å². The molecule has 0 aromatic carbocycles. The van der Waals surface area contributed by atoms with Crippen molar-refractivity contribution in [2.45, 2.75) is 0 Å². The number of rotatable bonds is 2. The van der Waals surface area contributed by atoms with E-state index in [0.717, 1.165) is 43.3 Å². The molecule has 3 rings (SSSR count). The predicted octanol–water partition coefficient (Wildman–Crippen LogP) is 1.98. The van der Waals surface area contributed by atoms with Crippen molar-refractivity contribution in [1.29, 1.82) is 0 Å². The van der Waals surface area contributed by atoms with E-state index in [1.165, 1.54) is 0 Å². The molecule has 0 aliphatic carbocycles. The van der Waals surface area contributed by atoms with Gasteiger partial charge in [-0.2, -0.15) is 0 Å². The fraction of sp³-hybridized carbons (Fsp3) is 0.308. The third-order valence-corrected chi connectivity index (χ3v) is 2.86. The van der Waals surface area contributed by atoms with Crippen molar-refractivity contribution in [3.05, 3.63) is 36.9 Å². The Bertz CT molecular complexity index is 476. The molecule has 1 aliphatic rings. The fourth-order valence-electron chi connectivity index (χ4n) is 2.01. The largest absolute Gasteiger partial charge is 0.464 e. The molecule has 2 aromatic heterocycles.